The van der Waals surface area contributed by atoms with E-state index in [2.05, 4.69) is 9.47 Å². The zero-order chi connectivity index (χ0) is 11.7. The van der Waals surface area contributed by atoms with E-state index in [9.17, 15) is 9.59 Å². The number of rotatable bonds is 6. The number of hydrogen-bond donors (Lipinski definition) is 0. The Bertz CT molecular complexity index is 213. The number of amides is 1. The first-order chi connectivity index (χ1) is 7.11. The lowest BCUT2D eigenvalue weighted by Gasteiger charge is -2.15. The summed E-state index contributed by atoms with van der Waals surface area (Å²) >= 11 is 10.6. The Kier molecular flexibility index (Phi) is 8.22. The first kappa shape index (κ1) is 14.3. The lowest BCUT2D eigenvalue weighted by Crippen LogP contribution is -2.34. The van der Waals surface area contributed by atoms with Gasteiger partial charge in [0.1, 0.15) is 19.8 Å². The number of carbonyl (C=O) groups excluding carboxylic acids is 2. The molecule has 5 nitrogen and oxygen atoms in total. The maximum atomic E-state index is 11.1. The molecule has 0 atom stereocenters. The Balaban J connectivity index is 3.75. The van der Waals surface area contributed by atoms with Crippen LogP contribution in [0.4, 0.5) is 4.79 Å². The molecule has 0 unspecified atom stereocenters. The Morgan fingerprint density at radius 1 is 1.13 bits per heavy atom. The summed E-state index contributed by atoms with van der Waals surface area (Å²) < 4.78 is 9.35. The zero-order valence-corrected chi connectivity index (χ0v) is 9.88. The van der Waals surface area contributed by atoms with Crippen molar-refractivity contribution >= 4 is 35.3 Å². The molecule has 0 spiro atoms. The molecule has 7 heteroatoms. The van der Waals surface area contributed by atoms with E-state index in [1.165, 1.54) is 7.05 Å². The molecule has 1 amide bonds. The van der Waals surface area contributed by atoms with E-state index in [0.29, 0.717) is 0 Å². The highest BCUT2D eigenvalue weighted by molar-refractivity contribution is 6.18. The highest BCUT2D eigenvalue weighted by Crippen LogP contribution is 1.93. The van der Waals surface area contributed by atoms with Gasteiger partial charge in [-0.15, -0.1) is 23.2 Å². The number of ether oxygens (including phenoxy) is 2. The number of esters is 1. The summed E-state index contributed by atoms with van der Waals surface area (Å²) in [6.07, 6.45) is -0.613. The number of hydrogen-bond acceptors (Lipinski definition) is 4. The van der Waals surface area contributed by atoms with Gasteiger partial charge in [0.2, 0.25) is 0 Å². The van der Waals surface area contributed by atoms with Crippen molar-refractivity contribution < 1.29 is 19.1 Å². The summed E-state index contributed by atoms with van der Waals surface area (Å²) in [4.78, 5) is 23.3. The number of halogens is 2. The summed E-state index contributed by atoms with van der Waals surface area (Å²) in [6, 6.07) is 0. The summed E-state index contributed by atoms with van der Waals surface area (Å²) in [5, 5.41) is 0. The summed E-state index contributed by atoms with van der Waals surface area (Å²) in [7, 11) is 1.43. The third kappa shape index (κ3) is 7.27. The van der Waals surface area contributed by atoms with E-state index in [0.717, 1.165) is 4.90 Å². The second kappa shape index (κ2) is 8.61. The Hall–Kier alpha value is -0.680. The van der Waals surface area contributed by atoms with E-state index >= 15 is 0 Å². The van der Waals surface area contributed by atoms with E-state index < -0.39 is 12.1 Å². The van der Waals surface area contributed by atoms with Crippen molar-refractivity contribution in [2.75, 3.05) is 38.6 Å². The molecule has 0 heterocycles. The molecule has 0 aliphatic heterocycles. The minimum absolute atomic E-state index is 0.113. The molecule has 15 heavy (non-hydrogen) atoms. The fourth-order valence-corrected chi connectivity index (χ4v) is 0.847. The van der Waals surface area contributed by atoms with Crippen LogP contribution in [-0.2, 0) is 14.3 Å². The predicted molar refractivity (Wildman–Crippen MR) is 56.4 cm³/mol. The molecule has 0 rings (SSSR count). The van der Waals surface area contributed by atoms with Crippen molar-refractivity contribution in [3.8, 4) is 0 Å². The second-order valence-corrected chi connectivity index (χ2v) is 3.32. The fraction of sp³-hybridized carbons (Fsp3) is 0.750. The quantitative estimate of drug-likeness (QED) is 0.528. The lowest BCUT2D eigenvalue weighted by atomic mass is 10.6. The van der Waals surface area contributed by atoms with Crippen LogP contribution in [0.25, 0.3) is 0 Å². The average molecular weight is 258 g/mol. The van der Waals surface area contributed by atoms with Crippen LogP contribution >= 0.6 is 23.2 Å². The standard InChI is InChI=1S/C8H13Cl2NO4/c1-11(8(13)15-5-3-10)6-7(12)14-4-2-9/h2-6H2,1H3. The molecule has 0 radical (unpaired) electrons. The molecule has 0 aromatic carbocycles. The number of nitrogens with zero attached hydrogens (tertiary/aromatic N) is 1. The normalized spacial score (nSPS) is 9.53. The van der Waals surface area contributed by atoms with Gasteiger partial charge < -0.3 is 14.4 Å². The lowest BCUT2D eigenvalue weighted by molar-refractivity contribution is -0.143. The molecule has 0 aliphatic rings. The van der Waals surface area contributed by atoms with Gasteiger partial charge in [-0.05, 0) is 0 Å². The van der Waals surface area contributed by atoms with Gasteiger partial charge in [0.15, 0.2) is 0 Å². The average Bonchev–Trinajstić information content (AvgIpc) is 2.22. The molecule has 0 aromatic heterocycles. The van der Waals surface area contributed by atoms with Crippen molar-refractivity contribution in [3.63, 3.8) is 0 Å². The van der Waals surface area contributed by atoms with Crippen LogP contribution in [0.2, 0.25) is 0 Å². The second-order valence-electron chi connectivity index (χ2n) is 2.57. The monoisotopic (exact) mass is 257 g/mol. The van der Waals surface area contributed by atoms with Crippen molar-refractivity contribution in [1.82, 2.24) is 4.90 Å². The molecule has 0 saturated carbocycles. The minimum atomic E-state index is -0.613. The first-order valence-corrected chi connectivity index (χ1v) is 5.34. The molecule has 0 fully saturated rings. The van der Waals surface area contributed by atoms with Crippen LogP contribution in [0.15, 0.2) is 0 Å². The fourth-order valence-electron chi connectivity index (χ4n) is 0.692. The van der Waals surface area contributed by atoms with Crippen molar-refractivity contribution in [2.45, 2.75) is 0 Å². The van der Waals surface area contributed by atoms with Gasteiger partial charge in [-0.2, -0.15) is 0 Å². The van der Waals surface area contributed by atoms with E-state index in [1.807, 2.05) is 0 Å². The number of carbonyl (C=O) groups is 2. The van der Waals surface area contributed by atoms with Gasteiger partial charge in [-0.1, -0.05) is 0 Å². The van der Waals surface area contributed by atoms with Crippen LogP contribution in [0.3, 0.4) is 0 Å². The molecule has 0 saturated heterocycles. The summed E-state index contributed by atoms with van der Waals surface area (Å²) in [5.41, 5.74) is 0. The maximum Gasteiger partial charge on any atom is 0.410 e. The zero-order valence-electron chi connectivity index (χ0n) is 8.37. The SMILES string of the molecule is CN(CC(=O)OCCCl)C(=O)OCCCl. The third-order valence-electron chi connectivity index (χ3n) is 1.32. The van der Waals surface area contributed by atoms with Gasteiger partial charge >= 0.3 is 12.1 Å². The van der Waals surface area contributed by atoms with Crippen molar-refractivity contribution in [2.24, 2.45) is 0 Å². The predicted octanol–water partition coefficient (Wildman–Crippen LogP) is 1.08. The minimum Gasteiger partial charge on any atom is -0.463 e. The van der Waals surface area contributed by atoms with Gasteiger partial charge in [0, 0.05) is 7.05 Å². The summed E-state index contributed by atoms with van der Waals surface area (Å²) in [6.45, 7) is 0.0738. The van der Waals surface area contributed by atoms with Crippen LogP contribution < -0.4 is 0 Å². The van der Waals surface area contributed by atoms with Crippen LogP contribution in [0.5, 0.6) is 0 Å². The molecule has 0 N–H and O–H groups in total. The Morgan fingerprint density at radius 2 is 1.67 bits per heavy atom. The van der Waals surface area contributed by atoms with Gasteiger partial charge in [-0.25, -0.2) is 4.79 Å². The topological polar surface area (TPSA) is 55.8 Å². The smallest absolute Gasteiger partial charge is 0.410 e. The molecule has 88 valence electrons. The third-order valence-corrected chi connectivity index (χ3v) is 1.63. The molecule has 0 aromatic rings. The van der Waals surface area contributed by atoms with Crippen molar-refractivity contribution in [1.29, 1.82) is 0 Å². The molecule has 0 aliphatic carbocycles. The van der Waals surface area contributed by atoms with Crippen LogP contribution in [-0.4, -0.2) is 55.5 Å². The van der Waals surface area contributed by atoms with Gasteiger partial charge in [0.25, 0.3) is 0 Å². The Labute approximate surface area is 98.2 Å². The highest BCUT2D eigenvalue weighted by atomic mass is 35.5. The van der Waals surface area contributed by atoms with Gasteiger partial charge in [0.05, 0.1) is 11.8 Å². The first-order valence-electron chi connectivity index (χ1n) is 4.27. The molecule has 0 bridgehead atoms. The highest BCUT2D eigenvalue weighted by Gasteiger charge is 2.14. The van der Waals surface area contributed by atoms with E-state index in [-0.39, 0.29) is 31.5 Å². The number of likely N-dealkylation sites (N-methyl/N-ethyl adjacent to an activating group) is 1. The molecular formula is C8H13Cl2NO4. The van der Waals surface area contributed by atoms with E-state index in [1.54, 1.807) is 0 Å². The summed E-state index contributed by atoms with van der Waals surface area (Å²) in [5.74, 6) is -0.0800. The molecular weight excluding hydrogens is 245 g/mol. The van der Waals surface area contributed by atoms with Gasteiger partial charge in [-0.3, -0.25) is 4.79 Å². The number of alkyl halides is 2. The van der Waals surface area contributed by atoms with Crippen LogP contribution in [0, 0.1) is 0 Å². The largest absolute Gasteiger partial charge is 0.463 e. The van der Waals surface area contributed by atoms with E-state index in [4.69, 9.17) is 23.2 Å². The Morgan fingerprint density at radius 3 is 2.20 bits per heavy atom. The van der Waals surface area contributed by atoms with Crippen LogP contribution in [0.1, 0.15) is 0 Å². The maximum absolute atomic E-state index is 11.1. The van der Waals surface area contributed by atoms with Crippen molar-refractivity contribution in [3.05, 3.63) is 0 Å².